The van der Waals surface area contributed by atoms with Crippen LogP contribution in [0.25, 0.3) is 5.69 Å². The molecule has 6 heteroatoms. The van der Waals surface area contributed by atoms with Gasteiger partial charge in [-0.2, -0.15) is 0 Å². The highest BCUT2D eigenvalue weighted by atomic mass is 16.5. The Labute approximate surface area is 145 Å². The average molecular weight is 338 g/mol. The van der Waals surface area contributed by atoms with Crippen LogP contribution in [0.3, 0.4) is 0 Å². The Bertz CT molecular complexity index is 821. The normalized spacial score (nSPS) is 11.7. The number of furan rings is 1. The molecule has 0 spiro atoms. The van der Waals surface area contributed by atoms with Gasteiger partial charge in [0, 0.05) is 18.1 Å². The Morgan fingerprint density at radius 2 is 1.84 bits per heavy atom. The lowest BCUT2D eigenvalue weighted by Crippen LogP contribution is -2.30. The summed E-state index contributed by atoms with van der Waals surface area (Å²) in [6.07, 6.45) is 5.37. The maximum atomic E-state index is 12.0. The quantitative estimate of drug-likeness (QED) is 0.701. The molecule has 0 aliphatic rings. The molecule has 0 bridgehead atoms. The van der Waals surface area contributed by atoms with E-state index in [-0.39, 0.29) is 18.6 Å². The molecule has 0 aliphatic carbocycles. The number of aromatic nitrogens is 1. The number of carbonyl (C=O) groups excluding carboxylic acids is 2. The number of ether oxygens (including phenoxy) is 1. The van der Waals surface area contributed by atoms with E-state index in [0.29, 0.717) is 11.3 Å². The van der Waals surface area contributed by atoms with Gasteiger partial charge in [0.25, 0.3) is 5.91 Å². The first-order valence-electron chi connectivity index (χ1n) is 7.87. The molecule has 128 valence electrons. The molecule has 2 aromatic heterocycles. The standard InChI is InChI=1S/C19H18N2O4/c1-14(17-5-4-12-24-17)20-18(22)13-25-19(23)15-6-8-16(9-7-15)21-10-2-3-11-21/h2-12,14H,13H2,1H3,(H,20,22)/t14-/m0/s1. The van der Waals surface area contributed by atoms with E-state index in [0.717, 1.165) is 5.69 Å². The molecule has 1 aromatic carbocycles. The third-order valence-corrected chi connectivity index (χ3v) is 3.69. The van der Waals surface area contributed by atoms with Gasteiger partial charge in [-0.1, -0.05) is 0 Å². The Morgan fingerprint density at radius 1 is 1.12 bits per heavy atom. The van der Waals surface area contributed by atoms with Crippen molar-refractivity contribution < 1.29 is 18.7 Å². The lowest BCUT2D eigenvalue weighted by Gasteiger charge is -2.11. The van der Waals surface area contributed by atoms with Gasteiger partial charge in [0.15, 0.2) is 6.61 Å². The lowest BCUT2D eigenvalue weighted by molar-refractivity contribution is -0.125. The molecule has 1 N–H and O–H groups in total. The lowest BCUT2D eigenvalue weighted by atomic mass is 10.2. The topological polar surface area (TPSA) is 73.5 Å². The molecule has 1 amide bonds. The fraction of sp³-hybridized carbons (Fsp3) is 0.158. The molecule has 0 saturated carbocycles. The number of nitrogens with one attached hydrogen (secondary N) is 1. The van der Waals surface area contributed by atoms with Crippen molar-refractivity contribution in [3.8, 4) is 5.69 Å². The van der Waals surface area contributed by atoms with E-state index in [4.69, 9.17) is 9.15 Å². The van der Waals surface area contributed by atoms with E-state index in [1.807, 2.05) is 41.2 Å². The van der Waals surface area contributed by atoms with E-state index in [9.17, 15) is 9.59 Å². The summed E-state index contributed by atoms with van der Waals surface area (Å²) in [5, 5.41) is 2.70. The number of nitrogens with zero attached hydrogens (tertiary/aromatic N) is 1. The molecule has 0 fully saturated rings. The number of amides is 1. The molecule has 0 radical (unpaired) electrons. The van der Waals surface area contributed by atoms with Crippen LogP contribution in [0.5, 0.6) is 0 Å². The zero-order valence-electron chi connectivity index (χ0n) is 13.7. The van der Waals surface area contributed by atoms with Crippen molar-refractivity contribution in [1.82, 2.24) is 9.88 Å². The molecular formula is C19H18N2O4. The van der Waals surface area contributed by atoms with Gasteiger partial charge in [-0.15, -0.1) is 0 Å². The summed E-state index contributed by atoms with van der Waals surface area (Å²) < 4.78 is 12.2. The van der Waals surface area contributed by atoms with Gasteiger partial charge in [0.2, 0.25) is 0 Å². The van der Waals surface area contributed by atoms with Crippen LogP contribution in [-0.4, -0.2) is 23.1 Å². The highest BCUT2D eigenvalue weighted by Crippen LogP contribution is 2.13. The van der Waals surface area contributed by atoms with Gasteiger partial charge in [0.1, 0.15) is 5.76 Å². The number of rotatable bonds is 6. The summed E-state index contributed by atoms with van der Waals surface area (Å²) in [7, 11) is 0. The second kappa shape index (κ2) is 7.53. The first-order chi connectivity index (χ1) is 12.1. The fourth-order valence-electron chi connectivity index (χ4n) is 2.38. The van der Waals surface area contributed by atoms with E-state index >= 15 is 0 Å². The minimum absolute atomic E-state index is 0.290. The predicted octanol–water partition coefficient (Wildman–Crippen LogP) is 3.10. The maximum Gasteiger partial charge on any atom is 0.338 e. The summed E-state index contributed by atoms with van der Waals surface area (Å²) in [4.78, 5) is 23.9. The van der Waals surface area contributed by atoms with Gasteiger partial charge in [0.05, 0.1) is 17.9 Å². The Morgan fingerprint density at radius 3 is 2.48 bits per heavy atom. The SMILES string of the molecule is C[C@H](NC(=O)COC(=O)c1ccc(-n2cccc2)cc1)c1ccco1. The van der Waals surface area contributed by atoms with Crippen molar-refractivity contribution in [2.24, 2.45) is 0 Å². The van der Waals surface area contributed by atoms with Crippen molar-refractivity contribution in [1.29, 1.82) is 0 Å². The van der Waals surface area contributed by atoms with Crippen LogP contribution < -0.4 is 5.32 Å². The van der Waals surface area contributed by atoms with Crippen molar-refractivity contribution in [3.63, 3.8) is 0 Å². The summed E-state index contributed by atoms with van der Waals surface area (Å²) in [6, 6.07) is 14.0. The molecule has 0 unspecified atom stereocenters. The molecule has 3 aromatic rings. The summed E-state index contributed by atoms with van der Waals surface area (Å²) >= 11 is 0. The van der Waals surface area contributed by atoms with Gasteiger partial charge >= 0.3 is 5.97 Å². The summed E-state index contributed by atoms with van der Waals surface area (Å²) in [5.74, 6) is -0.290. The largest absolute Gasteiger partial charge is 0.467 e. The molecule has 0 saturated heterocycles. The summed E-state index contributed by atoms with van der Waals surface area (Å²) in [6.45, 7) is 1.45. The first kappa shape index (κ1) is 16.6. The van der Waals surface area contributed by atoms with Crippen LogP contribution in [0.15, 0.2) is 71.6 Å². The number of hydrogen-bond donors (Lipinski definition) is 1. The third kappa shape index (κ3) is 4.17. The minimum Gasteiger partial charge on any atom is -0.467 e. The monoisotopic (exact) mass is 338 g/mol. The second-order valence-corrected chi connectivity index (χ2v) is 5.52. The van der Waals surface area contributed by atoms with Gasteiger partial charge < -0.3 is 19.0 Å². The number of benzene rings is 1. The predicted molar refractivity (Wildman–Crippen MR) is 91.3 cm³/mol. The fourth-order valence-corrected chi connectivity index (χ4v) is 2.38. The molecule has 2 heterocycles. The van der Waals surface area contributed by atoms with Crippen LogP contribution in [0.4, 0.5) is 0 Å². The minimum atomic E-state index is -0.542. The number of hydrogen-bond acceptors (Lipinski definition) is 4. The first-order valence-corrected chi connectivity index (χ1v) is 7.87. The highest BCUT2D eigenvalue weighted by molar-refractivity contribution is 5.91. The Hall–Kier alpha value is -3.28. The van der Waals surface area contributed by atoms with Crippen molar-refractivity contribution in [2.75, 3.05) is 6.61 Å². The van der Waals surface area contributed by atoms with Gasteiger partial charge in [-0.05, 0) is 55.5 Å². The van der Waals surface area contributed by atoms with Crippen LogP contribution in [-0.2, 0) is 9.53 Å². The molecule has 6 nitrogen and oxygen atoms in total. The van der Waals surface area contributed by atoms with E-state index < -0.39 is 5.97 Å². The van der Waals surface area contributed by atoms with E-state index in [2.05, 4.69) is 5.32 Å². The molecule has 25 heavy (non-hydrogen) atoms. The van der Waals surface area contributed by atoms with E-state index in [1.165, 1.54) is 6.26 Å². The molecule has 3 rings (SSSR count). The van der Waals surface area contributed by atoms with Crippen LogP contribution in [0.2, 0.25) is 0 Å². The van der Waals surface area contributed by atoms with Crippen LogP contribution in [0.1, 0.15) is 29.1 Å². The molecular weight excluding hydrogens is 320 g/mol. The molecule has 1 atom stereocenters. The zero-order chi connectivity index (χ0) is 17.6. The van der Waals surface area contributed by atoms with Gasteiger partial charge in [-0.3, -0.25) is 4.79 Å². The van der Waals surface area contributed by atoms with Crippen LogP contribution in [0, 0.1) is 0 Å². The van der Waals surface area contributed by atoms with Crippen molar-refractivity contribution >= 4 is 11.9 Å². The van der Waals surface area contributed by atoms with Crippen molar-refractivity contribution in [2.45, 2.75) is 13.0 Å². The number of esters is 1. The smallest absolute Gasteiger partial charge is 0.338 e. The van der Waals surface area contributed by atoms with Crippen LogP contribution >= 0.6 is 0 Å². The molecule has 0 aliphatic heterocycles. The highest BCUT2D eigenvalue weighted by Gasteiger charge is 2.14. The number of carbonyl (C=O) groups is 2. The third-order valence-electron chi connectivity index (χ3n) is 3.69. The zero-order valence-corrected chi connectivity index (χ0v) is 13.7. The van der Waals surface area contributed by atoms with Crippen molar-refractivity contribution in [3.05, 3.63) is 78.5 Å². The Balaban J connectivity index is 1.51. The van der Waals surface area contributed by atoms with Gasteiger partial charge in [-0.25, -0.2) is 4.79 Å². The maximum absolute atomic E-state index is 12.0. The van der Waals surface area contributed by atoms with E-state index in [1.54, 1.807) is 31.2 Å². The summed E-state index contributed by atoms with van der Waals surface area (Å²) in [5.41, 5.74) is 1.33. The Kier molecular flexibility index (Phi) is 4.99. The second-order valence-electron chi connectivity index (χ2n) is 5.52. The average Bonchev–Trinajstić information content (AvgIpc) is 3.33.